The fraction of sp³-hybridized carbons (Fsp3) is 0.600. The normalized spacial score (nSPS) is 11.9. The Bertz CT molecular complexity index is 210. The predicted molar refractivity (Wildman–Crippen MR) is 51.7 cm³/mol. The molecular formula is C10H19N2+. The van der Waals surface area contributed by atoms with E-state index in [0.717, 1.165) is 11.2 Å². The molecule has 12 heavy (non-hydrogen) atoms. The molecule has 2 nitrogen and oxygen atoms in total. The zero-order valence-electron chi connectivity index (χ0n) is 8.33. The van der Waals surface area contributed by atoms with E-state index < -0.39 is 0 Å². The second-order valence-electron chi connectivity index (χ2n) is 3.59. The van der Waals surface area contributed by atoms with Gasteiger partial charge in [0.1, 0.15) is 0 Å². The zero-order valence-corrected chi connectivity index (χ0v) is 8.33. The Morgan fingerprint density at radius 2 is 1.58 bits per heavy atom. The molecule has 0 saturated heterocycles. The molecule has 1 heterocycles. The van der Waals surface area contributed by atoms with E-state index in [2.05, 4.69) is 50.0 Å². The molecule has 0 bridgehead atoms. The van der Waals surface area contributed by atoms with E-state index in [0.29, 0.717) is 0 Å². The van der Waals surface area contributed by atoms with Crippen molar-refractivity contribution in [3.63, 3.8) is 0 Å². The topological polar surface area (TPSA) is 4.93 Å². The third-order valence-corrected chi connectivity index (χ3v) is 2.70. The van der Waals surface area contributed by atoms with Crippen LogP contribution in [0.25, 0.3) is 0 Å². The molecule has 2 heteroatoms. The summed E-state index contributed by atoms with van der Waals surface area (Å²) in [5.41, 5.74) is 0. The molecule has 0 aliphatic heterocycles. The van der Waals surface area contributed by atoms with Crippen LogP contribution in [0.3, 0.4) is 0 Å². The summed E-state index contributed by atoms with van der Waals surface area (Å²) in [6.07, 6.45) is 4.25. The maximum Gasteiger partial charge on any atom is 0.157 e. The molecule has 0 aliphatic rings. The lowest BCUT2D eigenvalue weighted by molar-refractivity contribution is -0.927. The Hall–Kier alpha value is -0.760. The Labute approximate surface area is 75.0 Å². The van der Waals surface area contributed by atoms with Gasteiger partial charge < -0.3 is 9.05 Å². The van der Waals surface area contributed by atoms with Crippen LogP contribution >= 0.6 is 0 Å². The molecule has 0 fully saturated rings. The van der Waals surface area contributed by atoms with Crippen molar-refractivity contribution in [2.45, 2.75) is 20.5 Å². The van der Waals surface area contributed by atoms with E-state index in [1.807, 2.05) is 0 Å². The lowest BCUT2D eigenvalue weighted by Crippen LogP contribution is -2.44. The van der Waals surface area contributed by atoms with Crippen LogP contribution < -0.4 is 0 Å². The average molecular weight is 167 g/mol. The molecule has 0 atom stereocenters. The van der Waals surface area contributed by atoms with Crippen LogP contribution in [0.15, 0.2) is 24.5 Å². The van der Waals surface area contributed by atoms with Crippen LogP contribution in [0.1, 0.15) is 13.8 Å². The van der Waals surface area contributed by atoms with E-state index in [-0.39, 0.29) is 0 Å². The van der Waals surface area contributed by atoms with Gasteiger partial charge in [-0.25, -0.2) is 0 Å². The number of aromatic nitrogens is 1. The van der Waals surface area contributed by atoms with Crippen molar-refractivity contribution in [2.24, 2.45) is 0 Å². The Balaban J connectivity index is 2.60. The molecule has 0 N–H and O–H groups in total. The summed E-state index contributed by atoms with van der Waals surface area (Å²) < 4.78 is 3.35. The van der Waals surface area contributed by atoms with Gasteiger partial charge in [-0.05, 0) is 26.0 Å². The van der Waals surface area contributed by atoms with Gasteiger partial charge in [-0.3, -0.25) is 0 Å². The molecule has 0 amide bonds. The van der Waals surface area contributed by atoms with Crippen molar-refractivity contribution in [3.8, 4) is 0 Å². The number of hydrogen-bond donors (Lipinski definition) is 0. The van der Waals surface area contributed by atoms with Crippen LogP contribution in [0.2, 0.25) is 0 Å². The van der Waals surface area contributed by atoms with Gasteiger partial charge in [0, 0.05) is 12.4 Å². The molecule has 1 aromatic heterocycles. The summed E-state index contributed by atoms with van der Waals surface area (Å²) in [5.74, 6) is 0. The van der Waals surface area contributed by atoms with E-state index in [1.165, 1.54) is 13.1 Å². The number of rotatable bonds is 4. The molecular weight excluding hydrogens is 148 g/mol. The van der Waals surface area contributed by atoms with Crippen molar-refractivity contribution in [2.75, 3.05) is 20.1 Å². The first-order valence-electron chi connectivity index (χ1n) is 4.64. The van der Waals surface area contributed by atoms with Crippen molar-refractivity contribution in [1.82, 2.24) is 4.57 Å². The zero-order chi connectivity index (χ0) is 9.03. The Kier molecular flexibility index (Phi) is 2.93. The first-order chi connectivity index (χ1) is 5.70. The average Bonchev–Trinajstić information content (AvgIpc) is 2.57. The molecule has 0 saturated carbocycles. The van der Waals surface area contributed by atoms with Gasteiger partial charge >= 0.3 is 0 Å². The van der Waals surface area contributed by atoms with Crippen LogP contribution in [-0.4, -0.2) is 29.2 Å². The second kappa shape index (κ2) is 3.76. The van der Waals surface area contributed by atoms with Crippen molar-refractivity contribution < 1.29 is 4.48 Å². The minimum Gasteiger partial charge on any atom is -0.309 e. The highest BCUT2D eigenvalue weighted by Crippen LogP contribution is 2.04. The summed E-state index contributed by atoms with van der Waals surface area (Å²) in [6, 6.07) is 4.16. The maximum atomic E-state index is 2.29. The van der Waals surface area contributed by atoms with Crippen molar-refractivity contribution in [3.05, 3.63) is 24.5 Å². The third kappa shape index (κ3) is 2.11. The fourth-order valence-electron chi connectivity index (χ4n) is 1.28. The Morgan fingerprint density at radius 1 is 1.08 bits per heavy atom. The predicted octanol–water partition coefficient (Wildman–Crippen LogP) is 1.93. The van der Waals surface area contributed by atoms with Gasteiger partial charge in [-0.1, -0.05) is 0 Å². The highest BCUT2D eigenvalue weighted by Gasteiger charge is 2.15. The second-order valence-corrected chi connectivity index (χ2v) is 3.59. The lowest BCUT2D eigenvalue weighted by atomic mass is 10.4. The van der Waals surface area contributed by atoms with E-state index >= 15 is 0 Å². The Morgan fingerprint density at radius 3 is 2.00 bits per heavy atom. The number of hydrogen-bond acceptors (Lipinski definition) is 0. The van der Waals surface area contributed by atoms with Crippen molar-refractivity contribution in [1.29, 1.82) is 0 Å². The molecule has 68 valence electrons. The lowest BCUT2D eigenvalue weighted by Gasteiger charge is -2.32. The smallest absolute Gasteiger partial charge is 0.157 e. The van der Waals surface area contributed by atoms with E-state index in [1.54, 1.807) is 0 Å². The molecule has 0 unspecified atom stereocenters. The van der Waals surface area contributed by atoms with Gasteiger partial charge in [-0.2, -0.15) is 0 Å². The standard InChI is InChI=1S/C10H19N2/c1-4-12(3,5-2)10-11-8-6-7-9-11/h6-9H,4-5,10H2,1-3H3/q+1. The van der Waals surface area contributed by atoms with E-state index in [9.17, 15) is 0 Å². The summed E-state index contributed by atoms with van der Waals surface area (Å²) in [7, 11) is 2.29. The summed E-state index contributed by atoms with van der Waals surface area (Å²) >= 11 is 0. The molecule has 0 spiro atoms. The first-order valence-corrected chi connectivity index (χ1v) is 4.64. The van der Waals surface area contributed by atoms with Gasteiger partial charge in [0.2, 0.25) is 0 Å². The monoisotopic (exact) mass is 167 g/mol. The van der Waals surface area contributed by atoms with Crippen molar-refractivity contribution >= 4 is 0 Å². The molecule has 1 rings (SSSR count). The maximum absolute atomic E-state index is 2.29. The fourth-order valence-corrected chi connectivity index (χ4v) is 1.28. The molecule has 0 aliphatic carbocycles. The van der Waals surface area contributed by atoms with Crippen LogP contribution in [0.5, 0.6) is 0 Å². The van der Waals surface area contributed by atoms with Gasteiger partial charge in [-0.15, -0.1) is 0 Å². The van der Waals surface area contributed by atoms with Crippen LogP contribution in [-0.2, 0) is 6.67 Å². The summed E-state index contributed by atoms with van der Waals surface area (Å²) in [4.78, 5) is 0. The third-order valence-electron chi connectivity index (χ3n) is 2.70. The summed E-state index contributed by atoms with van der Waals surface area (Å²) in [5, 5.41) is 0. The summed E-state index contributed by atoms with van der Waals surface area (Å²) in [6.45, 7) is 7.95. The molecule has 0 aromatic carbocycles. The van der Waals surface area contributed by atoms with Crippen LogP contribution in [0, 0.1) is 0 Å². The highest BCUT2D eigenvalue weighted by atomic mass is 15.4. The van der Waals surface area contributed by atoms with E-state index in [4.69, 9.17) is 0 Å². The largest absolute Gasteiger partial charge is 0.309 e. The number of nitrogens with zero attached hydrogens (tertiary/aromatic N) is 2. The SMILES string of the molecule is CC[N+](C)(CC)Cn1cccc1. The first kappa shape index (κ1) is 9.33. The van der Waals surface area contributed by atoms with Gasteiger partial charge in [0.25, 0.3) is 0 Å². The highest BCUT2D eigenvalue weighted by molar-refractivity contribution is 4.89. The minimum absolute atomic E-state index is 1.08. The van der Waals surface area contributed by atoms with Crippen LogP contribution in [0.4, 0.5) is 0 Å². The van der Waals surface area contributed by atoms with Gasteiger partial charge in [0.15, 0.2) is 6.67 Å². The molecule has 0 radical (unpaired) electrons. The quantitative estimate of drug-likeness (QED) is 0.604. The molecule has 1 aromatic rings. The minimum atomic E-state index is 1.08. The number of quaternary nitrogens is 1. The van der Waals surface area contributed by atoms with Gasteiger partial charge in [0.05, 0.1) is 20.1 Å².